The first-order chi connectivity index (χ1) is 7.99. The van der Waals surface area contributed by atoms with Crippen molar-refractivity contribution in [1.29, 1.82) is 0 Å². The number of aliphatic carboxylic acids is 1. The van der Waals surface area contributed by atoms with E-state index < -0.39 is 18.0 Å². The number of alkyl halides is 3. The van der Waals surface area contributed by atoms with Crippen LogP contribution >= 0.6 is 11.6 Å². The fourth-order valence-corrected chi connectivity index (χ4v) is 1.53. The number of hydrogen-bond acceptors (Lipinski definition) is 2. The molecule has 0 aliphatic rings. The Kier molecular flexibility index (Phi) is 5.15. The first-order valence-electron chi connectivity index (χ1n) is 4.89. The van der Waals surface area contributed by atoms with Crippen LogP contribution in [-0.2, 0) is 4.79 Å². The minimum absolute atomic E-state index is 0.0382. The van der Waals surface area contributed by atoms with Crippen LogP contribution in [0.5, 0.6) is 5.75 Å². The van der Waals surface area contributed by atoms with Gasteiger partial charge in [-0.05, 0) is 24.1 Å². The maximum atomic E-state index is 11.9. The van der Waals surface area contributed by atoms with Crippen LogP contribution in [0.4, 0.5) is 8.78 Å². The van der Waals surface area contributed by atoms with Gasteiger partial charge in [0.1, 0.15) is 5.75 Å². The third-order valence-corrected chi connectivity index (χ3v) is 2.55. The molecule has 1 N–H and O–H groups in total. The van der Waals surface area contributed by atoms with Crippen LogP contribution in [0.25, 0.3) is 0 Å². The van der Waals surface area contributed by atoms with Crippen molar-refractivity contribution in [2.45, 2.75) is 24.8 Å². The molecule has 0 aliphatic carbocycles. The highest BCUT2D eigenvalue weighted by molar-refractivity contribution is 6.20. The predicted octanol–water partition coefficient (Wildman–Crippen LogP) is 3.43. The molecule has 0 fully saturated rings. The van der Waals surface area contributed by atoms with Crippen LogP contribution in [0.3, 0.4) is 0 Å². The molecule has 0 saturated heterocycles. The molecule has 1 rings (SSSR count). The Morgan fingerprint density at radius 3 is 2.41 bits per heavy atom. The minimum Gasteiger partial charge on any atom is -0.481 e. The summed E-state index contributed by atoms with van der Waals surface area (Å²) in [4.78, 5) is 10.3. The molecule has 94 valence electrons. The standard InChI is InChI=1S/C11H11ClF2O3/c12-9(5-6-10(15)16)7-1-3-8(4-2-7)17-11(13)14/h1-4,9,11H,5-6H2,(H,15,16). The summed E-state index contributed by atoms with van der Waals surface area (Å²) in [5.74, 6) is -0.876. The Morgan fingerprint density at radius 1 is 1.35 bits per heavy atom. The van der Waals surface area contributed by atoms with E-state index in [2.05, 4.69) is 4.74 Å². The third kappa shape index (κ3) is 4.99. The summed E-state index contributed by atoms with van der Waals surface area (Å²) in [6.45, 7) is -2.86. The van der Waals surface area contributed by atoms with E-state index in [1.165, 1.54) is 24.3 Å². The smallest absolute Gasteiger partial charge is 0.387 e. The zero-order valence-corrected chi connectivity index (χ0v) is 9.53. The molecule has 0 spiro atoms. The number of ether oxygens (including phenoxy) is 1. The minimum atomic E-state index is -2.86. The number of carboxylic acid groups (broad SMARTS) is 1. The quantitative estimate of drug-likeness (QED) is 0.801. The fourth-order valence-electron chi connectivity index (χ4n) is 1.27. The average Bonchev–Trinajstić information content (AvgIpc) is 2.26. The van der Waals surface area contributed by atoms with Gasteiger partial charge in [-0.3, -0.25) is 4.79 Å². The van der Waals surface area contributed by atoms with E-state index in [0.29, 0.717) is 5.56 Å². The highest BCUT2D eigenvalue weighted by atomic mass is 35.5. The third-order valence-electron chi connectivity index (χ3n) is 2.08. The van der Waals surface area contributed by atoms with Crippen LogP contribution in [0.2, 0.25) is 0 Å². The van der Waals surface area contributed by atoms with Gasteiger partial charge in [0.2, 0.25) is 0 Å². The van der Waals surface area contributed by atoms with E-state index in [4.69, 9.17) is 16.7 Å². The summed E-state index contributed by atoms with van der Waals surface area (Å²) in [5.41, 5.74) is 0.675. The number of carbonyl (C=O) groups is 1. The van der Waals surface area contributed by atoms with E-state index in [9.17, 15) is 13.6 Å². The van der Waals surface area contributed by atoms with Crippen LogP contribution in [0, 0.1) is 0 Å². The van der Waals surface area contributed by atoms with Gasteiger partial charge in [0.25, 0.3) is 0 Å². The highest BCUT2D eigenvalue weighted by Crippen LogP contribution is 2.27. The lowest BCUT2D eigenvalue weighted by Crippen LogP contribution is -2.02. The van der Waals surface area contributed by atoms with Gasteiger partial charge in [0.05, 0.1) is 5.38 Å². The summed E-state index contributed by atoms with van der Waals surface area (Å²) in [5, 5.41) is 8.04. The Balaban J connectivity index is 2.57. The second-order valence-corrected chi connectivity index (χ2v) is 3.87. The molecule has 1 atom stereocenters. The predicted molar refractivity (Wildman–Crippen MR) is 58.5 cm³/mol. The molecule has 0 amide bonds. The molecular weight excluding hydrogens is 254 g/mol. The van der Waals surface area contributed by atoms with Crippen molar-refractivity contribution in [2.75, 3.05) is 0 Å². The van der Waals surface area contributed by atoms with E-state index in [0.717, 1.165) is 0 Å². The molecule has 17 heavy (non-hydrogen) atoms. The summed E-state index contributed by atoms with van der Waals surface area (Å²) in [6.07, 6.45) is 0.245. The van der Waals surface area contributed by atoms with Crippen LogP contribution in [0.15, 0.2) is 24.3 Å². The van der Waals surface area contributed by atoms with Crippen molar-refractivity contribution in [3.05, 3.63) is 29.8 Å². The van der Waals surface area contributed by atoms with Crippen molar-refractivity contribution in [2.24, 2.45) is 0 Å². The van der Waals surface area contributed by atoms with Crippen LogP contribution in [-0.4, -0.2) is 17.7 Å². The van der Waals surface area contributed by atoms with Gasteiger partial charge < -0.3 is 9.84 Å². The van der Waals surface area contributed by atoms with E-state index in [1.54, 1.807) is 0 Å². The molecule has 0 heterocycles. The van der Waals surface area contributed by atoms with Crippen molar-refractivity contribution in [3.8, 4) is 5.75 Å². The van der Waals surface area contributed by atoms with Gasteiger partial charge in [-0.1, -0.05) is 12.1 Å². The average molecular weight is 265 g/mol. The zero-order chi connectivity index (χ0) is 12.8. The summed E-state index contributed by atoms with van der Waals surface area (Å²) in [7, 11) is 0. The number of hydrogen-bond donors (Lipinski definition) is 1. The maximum Gasteiger partial charge on any atom is 0.387 e. The van der Waals surface area contributed by atoms with Crippen molar-refractivity contribution in [1.82, 2.24) is 0 Å². The van der Waals surface area contributed by atoms with E-state index >= 15 is 0 Å². The Labute approximate surface area is 102 Å². The first-order valence-corrected chi connectivity index (χ1v) is 5.33. The molecule has 0 saturated carbocycles. The summed E-state index contributed by atoms with van der Waals surface area (Å²) < 4.78 is 27.9. The van der Waals surface area contributed by atoms with Gasteiger partial charge in [0.15, 0.2) is 0 Å². The van der Waals surface area contributed by atoms with E-state index in [1.807, 2.05) is 0 Å². The summed E-state index contributed by atoms with van der Waals surface area (Å²) >= 11 is 5.96. The number of halogens is 3. The van der Waals surface area contributed by atoms with Gasteiger partial charge in [-0.2, -0.15) is 8.78 Å². The van der Waals surface area contributed by atoms with Gasteiger partial charge in [-0.25, -0.2) is 0 Å². The molecule has 0 radical (unpaired) electrons. The molecule has 1 aromatic carbocycles. The van der Waals surface area contributed by atoms with Crippen molar-refractivity contribution < 1.29 is 23.4 Å². The molecule has 0 aromatic heterocycles. The Hall–Kier alpha value is -1.36. The normalized spacial score (nSPS) is 12.5. The second-order valence-electron chi connectivity index (χ2n) is 3.35. The molecule has 0 bridgehead atoms. The topological polar surface area (TPSA) is 46.5 Å². The van der Waals surface area contributed by atoms with Crippen molar-refractivity contribution in [3.63, 3.8) is 0 Å². The Morgan fingerprint density at radius 2 is 1.94 bits per heavy atom. The monoisotopic (exact) mass is 264 g/mol. The zero-order valence-electron chi connectivity index (χ0n) is 8.78. The molecule has 1 aromatic rings. The first kappa shape index (κ1) is 13.7. The number of benzene rings is 1. The Bertz CT molecular complexity index is 367. The largest absolute Gasteiger partial charge is 0.481 e. The maximum absolute atomic E-state index is 11.9. The van der Waals surface area contributed by atoms with Gasteiger partial charge in [-0.15, -0.1) is 11.6 Å². The molecule has 0 aliphatic heterocycles. The lowest BCUT2D eigenvalue weighted by atomic mass is 10.1. The number of rotatable bonds is 6. The van der Waals surface area contributed by atoms with E-state index in [-0.39, 0.29) is 18.6 Å². The molecule has 1 unspecified atom stereocenters. The molecular formula is C11H11ClF2O3. The molecule has 6 heteroatoms. The number of carboxylic acids is 1. The molecule has 3 nitrogen and oxygen atoms in total. The lowest BCUT2D eigenvalue weighted by Gasteiger charge is -2.09. The fraction of sp³-hybridized carbons (Fsp3) is 0.364. The van der Waals surface area contributed by atoms with Gasteiger partial charge in [0, 0.05) is 6.42 Å². The van der Waals surface area contributed by atoms with Crippen LogP contribution in [0.1, 0.15) is 23.8 Å². The lowest BCUT2D eigenvalue weighted by molar-refractivity contribution is -0.137. The SMILES string of the molecule is O=C(O)CCC(Cl)c1ccc(OC(F)F)cc1. The van der Waals surface area contributed by atoms with Crippen molar-refractivity contribution >= 4 is 17.6 Å². The second kappa shape index (κ2) is 6.39. The van der Waals surface area contributed by atoms with Crippen LogP contribution < -0.4 is 4.74 Å². The summed E-state index contributed by atoms with van der Waals surface area (Å²) in [6, 6.07) is 5.82. The van der Waals surface area contributed by atoms with Gasteiger partial charge >= 0.3 is 12.6 Å². The highest BCUT2D eigenvalue weighted by Gasteiger charge is 2.11.